The van der Waals surface area contributed by atoms with Crippen LogP contribution in [0.3, 0.4) is 0 Å². The molecular formula is C10H12N2O. The van der Waals surface area contributed by atoms with E-state index >= 15 is 0 Å². The van der Waals surface area contributed by atoms with Crippen molar-refractivity contribution in [3.05, 3.63) is 24.4 Å². The molecule has 68 valence electrons. The van der Waals surface area contributed by atoms with Gasteiger partial charge in [-0.05, 0) is 0 Å². The maximum absolute atomic E-state index is 5.45. The molecule has 2 heterocycles. The maximum Gasteiger partial charge on any atom is 0.136 e. The molecule has 13 heavy (non-hydrogen) atoms. The van der Waals surface area contributed by atoms with Gasteiger partial charge in [0, 0.05) is 17.8 Å². The molecule has 0 fully saturated rings. The minimum atomic E-state index is -0.0161. The van der Waals surface area contributed by atoms with E-state index in [1.165, 1.54) is 0 Å². The minimum Gasteiger partial charge on any atom is -0.464 e. The summed E-state index contributed by atoms with van der Waals surface area (Å²) in [5.41, 5.74) is 1.68. The zero-order chi connectivity index (χ0) is 9.47. The zero-order valence-corrected chi connectivity index (χ0v) is 8.03. The molecule has 2 aromatic rings. The van der Waals surface area contributed by atoms with Gasteiger partial charge in [-0.15, -0.1) is 0 Å². The van der Waals surface area contributed by atoms with Gasteiger partial charge in [-0.1, -0.05) is 20.8 Å². The fourth-order valence-electron chi connectivity index (χ4n) is 1.31. The smallest absolute Gasteiger partial charge is 0.136 e. The maximum atomic E-state index is 5.45. The first kappa shape index (κ1) is 8.23. The van der Waals surface area contributed by atoms with Crippen molar-refractivity contribution < 1.29 is 4.42 Å². The quantitative estimate of drug-likeness (QED) is 0.619. The van der Waals surface area contributed by atoms with E-state index in [0.717, 1.165) is 16.8 Å². The third-order valence-electron chi connectivity index (χ3n) is 1.91. The standard InChI is InChI=1S/C10H12N2O/c1-10(2,3)9-8-7(6-13-9)11-4-5-12-8/h4-6H,1-3H3. The van der Waals surface area contributed by atoms with Gasteiger partial charge >= 0.3 is 0 Å². The van der Waals surface area contributed by atoms with Gasteiger partial charge in [0.25, 0.3) is 0 Å². The Labute approximate surface area is 76.8 Å². The van der Waals surface area contributed by atoms with Gasteiger partial charge in [0.1, 0.15) is 23.1 Å². The summed E-state index contributed by atoms with van der Waals surface area (Å²) in [5, 5.41) is 0. The van der Waals surface area contributed by atoms with Crippen molar-refractivity contribution in [2.45, 2.75) is 26.2 Å². The lowest BCUT2D eigenvalue weighted by atomic mass is 9.93. The van der Waals surface area contributed by atoms with E-state index in [0.29, 0.717) is 0 Å². The predicted molar refractivity (Wildman–Crippen MR) is 50.5 cm³/mol. The highest BCUT2D eigenvalue weighted by molar-refractivity contribution is 5.76. The molecular weight excluding hydrogens is 164 g/mol. The van der Waals surface area contributed by atoms with Crippen LogP contribution in [-0.4, -0.2) is 9.97 Å². The summed E-state index contributed by atoms with van der Waals surface area (Å²) in [6.45, 7) is 6.29. The normalized spacial score (nSPS) is 12.2. The van der Waals surface area contributed by atoms with Gasteiger partial charge in [-0.25, -0.2) is 9.97 Å². The van der Waals surface area contributed by atoms with E-state index in [2.05, 4.69) is 30.7 Å². The number of hydrogen-bond acceptors (Lipinski definition) is 3. The van der Waals surface area contributed by atoms with E-state index < -0.39 is 0 Å². The Morgan fingerprint density at radius 1 is 1.15 bits per heavy atom. The summed E-state index contributed by atoms with van der Waals surface area (Å²) in [4.78, 5) is 8.41. The van der Waals surface area contributed by atoms with Crippen LogP contribution < -0.4 is 0 Å². The molecule has 0 saturated carbocycles. The molecule has 0 spiro atoms. The van der Waals surface area contributed by atoms with Crippen LogP contribution in [0.2, 0.25) is 0 Å². The lowest BCUT2D eigenvalue weighted by molar-refractivity contribution is 0.414. The minimum absolute atomic E-state index is 0.0161. The van der Waals surface area contributed by atoms with E-state index in [1.54, 1.807) is 18.7 Å². The van der Waals surface area contributed by atoms with Crippen molar-refractivity contribution in [3.8, 4) is 0 Å². The van der Waals surface area contributed by atoms with Crippen LogP contribution >= 0.6 is 0 Å². The van der Waals surface area contributed by atoms with E-state index in [4.69, 9.17) is 4.42 Å². The van der Waals surface area contributed by atoms with Crippen molar-refractivity contribution in [1.82, 2.24) is 9.97 Å². The van der Waals surface area contributed by atoms with Crippen LogP contribution in [0.15, 0.2) is 23.1 Å². The number of rotatable bonds is 0. The fraction of sp³-hybridized carbons (Fsp3) is 0.400. The molecule has 0 aliphatic rings. The number of aromatic nitrogens is 2. The Hall–Kier alpha value is -1.38. The van der Waals surface area contributed by atoms with Crippen molar-refractivity contribution in [2.75, 3.05) is 0 Å². The number of nitrogens with zero attached hydrogens (tertiary/aromatic N) is 2. The number of furan rings is 1. The van der Waals surface area contributed by atoms with Crippen LogP contribution in [0, 0.1) is 0 Å². The van der Waals surface area contributed by atoms with Gasteiger partial charge in [-0.3, -0.25) is 0 Å². The van der Waals surface area contributed by atoms with E-state index in [9.17, 15) is 0 Å². The third kappa shape index (κ3) is 1.30. The lowest BCUT2D eigenvalue weighted by Gasteiger charge is -2.14. The third-order valence-corrected chi connectivity index (χ3v) is 1.91. The van der Waals surface area contributed by atoms with Crippen LogP contribution in [0.4, 0.5) is 0 Å². The van der Waals surface area contributed by atoms with Crippen LogP contribution in [0.25, 0.3) is 11.0 Å². The lowest BCUT2D eigenvalue weighted by Crippen LogP contribution is -2.10. The Morgan fingerprint density at radius 2 is 1.85 bits per heavy atom. The molecule has 0 saturated heterocycles. The van der Waals surface area contributed by atoms with Gasteiger partial charge in [0.2, 0.25) is 0 Å². The van der Waals surface area contributed by atoms with Gasteiger partial charge in [0.05, 0.1) is 0 Å². The van der Waals surface area contributed by atoms with Crippen LogP contribution in [0.5, 0.6) is 0 Å². The molecule has 0 amide bonds. The molecule has 0 atom stereocenters. The Balaban J connectivity index is 2.72. The molecule has 0 aromatic carbocycles. The summed E-state index contributed by atoms with van der Waals surface area (Å²) in [7, 11) is 0. The van der Waals surface area contributed by atoms with Gasteiger partial charge in [0.15, 0.2) is 0 Å². The first-order chi connectivity index (χ1) is 6.09. The van der Waals surface area contributed by atoms with Crippen molar-refractivity contribution in [1.29, 1.82) is 0 Å². The van der Waals surface area contributed by atoms with Gasteiger partial charge < -0.3 is 4.42 Å². The van der Waals surface area contributed by atoms with Gasteiger partial charge in [-0.2, -0.15) is 0 Å². The number of hydrogen-bond donors (Lipinski definition) is 0. The SMILES string of the molecule is CC(C)(C)c1occ2nccnc12. The van der Waals surface area contributed by atoms with Crippen molar-refractivity contribution >= 4 is 11.0 Å². The second-order valence-corrected chi connectivity index (χ2v) is 4.11. The number of fused-ring (bicyclic) bond motifs is 1. The second-order valence-electron chi connectivity index (χ2n) is 4.11. The predicted octanol–water partition coefficient (Wildman–Crippen LogP) is 2.52. The Morgan fingerprint density at radius 3 is 2.54 bits per heavy atom. The summed E-state index contributed by atoms with van der Waals surface area (Å²) in [6, 6.07) is 0. The molecule has 0 aliphatic carbocycles. The highest BCUT2D eigenvalue weighted by Crippen LogP contribution is 2.28. The first-order valence-corrected chi connectivity index (χ1v) is 4.28. The fourth-order valence-corrected chi connectivity index (χ4v) is 1.31. The van der Waals surface area contributed by atoms with E-state index in [-0.39, 0.29) is 5.41 Å². The molecule has 3 nitrogen and oxygen atoms in total. The second kappa shape index (κ2) is 2.55. The summed E-state index contributed by atoms with van der Waals surface area (Å²) in [6.07, 6.45) is 5.01. The highest BCUT2D eigenvalue weighted by Gasteiger charge is 2.22. The Bertz CT molecular complexity index is 426. The topological polar surface area (TPSA) is 38.9 Å². The average Bonchev–Trinajstić information content (AvgIpc) is 2.45. The molecule has 0 radical (unpaired) electrons. The van der Waals surface area contributed by atoms with Crippen molar-refractivity contribution in [2.24, 2.45) is 0 Å². The molecule has 0 bridgehead atoms. The molecule has 0 aliphatic heterocycles. The van der Waals surface area contributed by atoms with E-state index in [1.807, 2.05) is 0 Å². The Kier molecular flexibility index (Phi) is 1.62. The summed E-state index contributed by atoms with van der Waals surface area (Å²) < 4.78 is 5.45. The molecule has 2 rings (SSSR count). The molecule has 2 aromatic heterocycles. The van der Waals surface area contributed by atoms with Crippen LogP contribution in [-0.2, 0) is 5.41 Å². The average molecular weight is 176 g/mol. The summed E-state index contributed by atoms with van der Waals surface area (Å²) >= 11 is 0. The highest BCUT2D eigenvalue weighted by atomic mass is 16.3. The summed E-state index contributed by atoms with van der Waals surface area (Å²) in [5.74, 6) is 0.899. The van der Waals surface area contributed by atoms with Crippen molar-refractivity contribution in [3.63, 3.8) is 0 Å². The molecule has 3 heteroatoms. The monoisotopic (exact) mass is 176 g/mol. The molecule has 0 N–H and O–H groups in total. The largest absolute Gasteiger partial charge is 0.464 e. The zero-order valence-electron chi connectivity index (χ0n) is 8.03. The van der Waals surface area contributed by atoms with Crippen LogP contribution in [0.1, 0.15) is 26.5 Å². The molecule has 0 unspecified atom stereocenters. The first-order valence-electron chi connectivity index (χ1n) is 4.28.